The number of halogens is 1. The first-order valence-electron chi connectivity index (χ1n) is 9.47. The summed E-state index contributed by atoms with van der Waals surface area (Å²) in [7, 11) is 0. The third-order valence-corrected chi connectivity index (χ3v) is 6.33. The molecule has 0 atom stereocenters. The second-order valence-electron chi connectivity index (χ2n) is 6.98. The van der Waals surface area contributed by atoms with Gasteiger partial charge in [0, 0.05) is 46.8 Å². The molecule has 1 fully saturated rings. The van der Waals surface area contributed by atoms with E-state index in [9.17, 15) is 5.11 Å². The smallest absolute Gasteiger partial charge is 0.0774 e. The number of aliphatic hydroxyl groups is 1. The van der Waals surface area contributed by atoms with E-state index in [1.54, 1.807) is 11.3 Å². The van der Waals surface area contributed by atoms with Gasteiger partial charge in [0.2, 0.25) is 0 Å². The van der Waals surface area contributed by atoms with Crippen molar-refractivity contribution in [3.8, 4) is 0 Å². The van der Waals surface area contributed by atoms with Crippen LogP contribution in [-0.4, -0.2) is 42.7 Å². The molecule has 1 aliphatic heterocycles. The van der Waals surface area contributed by atoms with Gasteiger partial charge < -0.3 is 10.0 Å². The van der Waals surface area contributed by atoms with Gasteiger partial charge in [-0.05, 0) is 43.1 Å². The van der Waals surface area contributed by atoms with Crippen molar-refractivity contribution < 1.29 is 5.11 Å². The van der Waals surface area contributed by atoms with Gasteiger partial charge in [-0.2, -0.15) is 0 Å². The molecule has 1 aliphatic rings. The van der Waals surface area contributed by atoms with Crippen molar-refractivity contribution in [1.29, 1.82) is 0 Å². The first-order valence-corrected chi connectivity index (χ1v) is 10.3. The molecule has 1 saturated heterocycles. The number of aliphatic hydroxyl groups excluding tert-OH is 1. The highest BCUT2D eigenvalue weighted by Gasteiger charge is 2.19. The Kier molecular flexibility index (Phi) is 7.13. The van der Waals surface area contributed by atoms with E-state index in [1.165, 1.54) is 40.7 Å². The SMILES string of the molecule is Cl.OCc1cc2c(N3CCN(CCCc4ccccc4)CC3)cccc2s1. The minimum absolute atomic E-state index is 0. The van der Waals surface area contributed by atoms with Gasteiger partial charge in [0.15, 0.2) is 0 Å². The van der Waals surface area contributed by atoms with Crippen LogP contribution in [0.2, 0.25) is 0 Å². The second-order valence-corrected chi connectivity index (χ2v) is 8.15. The van der Waals surface area contributed by atoms with Crippen LogP contribution in [0.4, 0.5) is 5.69 Å². The Labute approximate surface area is 171 Å². The lowest BCUT2D eigenvalue weighted by atomic mass is 10.1. The normalized spacial score (nSPS) is 15.1. The van der Waals surface area contributed by atoms with Gasteiger partial charge in [0.05, 0.1) is 6.61 Å². The molecule has 0 saturated carbocycles. The Morgan fingerprint density at radius 3 is 2.44 bits per heavy atom. The number of hydrogen-bond acceptors (Lipinski definition) is 4. The lowest BCUT2D eigenvalue weighted by molar-refractivity contribution is 0.255. The van der Waals surface area contributed by atoms with Crippen molar-refractivity contribution in [1.82, 2.24) is 4.90 Å². The summed E-state index contributed by atoms with van der Waals surface area (Å²) < 4.78 is 1.27. The minimum atomic E-state index is 0. The first kappa shape index (κ1) is 20.2. The fourth-order valence-corrected chi connectivity index (χ4v) is 4.76. The lowest BCUT2D eigenvalue weighted by Gasteiger charge is -2.36. The molecule has 0 aliphatic carbocycles. The Bertz CT molecular complexity index is 844. The lowest BCUT2D eigenvalue weighted by Crippen LogP contribution is -2.46. The van der Waals surface area contributed by atoms with Gasteiger partial charge in [0.1, 0.15) is 0 Å². The van der Waals surface area contributed by atoms with Crippen molar-refractivity contribution in [2.75, 3.05) is 37.6 Å². The molecular formula is C22H27ClN2OS. The Morgan fingerprint density at radius 1 is 0.926 bits per heavy atom. The van der Waals surface area contributed by atoms with Crippen LogP contribution in [0.25, 0.3) is 10.1 Å². The molecule has 3 aromatic rings. The topological polar surface area (TPSA) is 26.7 Å². The van der Waals surface area contributed by atoms with Crippen molar-refractivity contribution in [3.63, 3.8) is 0 Å². The molecular weight excluding hydrogens is 376 g/mol. The number of fused-ring (bicyclic) bond motifs is 1. The number of thiophene rings is 1. The summed E-state index contributed by atoms with van der Waals surface area (Å²) in [6.45, 7) is 5.72. The minimum Gasteiger partial charge on any atom is -0.391 e. The summed E-state index contributed by atoms with van der Waals surface area (Å²) in [5.74, 6) is 0. The molecule has 0 bridgehead atoms. The molecule has 144 valence electrons. The third kappa shape index (κ3) is 4.82. The molecule has 1 N–H and O–H groups in total. The number of piperazine rings is 1. The van der Waals surface area contributed by atoms with E-state index >= 15 is 0 Å². The zero-order chi connectivity index (χ0) is 17.8. The van der Waals surface area contributed by atoms with Gasteiger partial charge in [0.25, 0.3) is 0 Å². The Hall–Kier alpha value is -1.59. The molecule has 1 aromatic heterocycles. The van der Waals surface area contributed by atoms with Crippen LogP contribution in [0.5, 0.6) is 0 Å². The summed E-state index contributed by atoms with van der Waals surface area (Å²) >= 11 is 1.70. The number of hydrogen-bond donors (Lipinski definition) is 1. The molecule has 2 heterocycles. The fourth-order valence-electron chi connectivity index (χ4n) is 3.82. The van der Waals surface area contributed by atoms with Crippen LogP contribution in [0.15, 0.2) is 54.6 Å². The molecule has 0 unspecified atom stereocenters. The summed E-state index contributed by atoms with van der Waals surface area (Å²) in [6.07, 6.45) is 2.39. The molecule has 2 aromatic carbocycles. The molecule has 0 amide bonds. The molecule has 0 spiro atoms. The zero-order valence-electron chi connectivity index (χ0n) is 15.5. The quantitative estimate of drug-likeness (QED) is 0.654. The standard InChI is InChI=1S/C22H26N2OS.ClH/c25-17-19-16-20-21(9-4-10-22(20)26-19)24-14-12-23(13-15-24)11-5-8-18-6-2-1-3-7-18;/h1-4,6-7,9-10,16,25H,5,8,11-15,17H2;1H. The average Bonchev–Trinajstić information content (AvgIpc) is 3.13. The van der Waals surface area contributed by atoms with Crippen LogP contribution in [-0.2, 0) is 13.0 Å². The van der Waals surface area contributed by atoms with Gasteiger partial charge in [-0.25, -0.2) is 0 Å². The van der Waals surface area contributed by atoms with Crippen LogP contribution in [0.1, 0.15) is 16.9 Å². The van der Waals surface area contributed by atoms with E-state index in [2.05, 4.69) is 64.4 Å². The van der Waals surface area contributed by atoms with E-state index in [-0.39, 0.29) is 19.0 Å². The molecule has 0 radical (unpaired) electrons. The Morgan fingerprint density at radius 2 is 1.70 bits per heavy atom. The van der Waals surface area contributed by atoms with Gasteiger partial charge >= 0.3 is 0 Å². The highest BCUT2D eigenvalue weighted by atomic mass is 35.5. The van der Waals surface area contributed by atoms with Crippen molar-refractivity contribution in [3.05, 3.63) is 65.0 Å². The van der Waals surface area contributed by atoms with Crippen molar-refractivity contribution >= 4 is 39.5 Å². The zero-order valence-corrected chi connectivity index (χ0v) is 17.1. The number of anilines is 1. The fraction of sp³-hybridized carbons (Fsp3) is 0.364. The van der Waals surface area contributed by atoms with E-state index in [1.807, 2.05) is 0 Å². The van der Waals surface area contributed by atoms with Crippen LogP contribution >= 0.6 is 23.7 Å². The summed E-state index contributed by atoms with van der Waals surface area (Å²) in [5.41, 5.74) is 2.76. The van der Waals surface area contributed by atoms with E-state index in [4.69, 9.17) is 0 Å². The summed E-state index contributed by atoms with van der Waals surface area (Å²) in [4.78, 5) is 6.14. The second kappa shape index (κ2) is 9.56. The maximum atomic E-state index is 9.43. The van der Waals surface area contributed by atoms with Crippen LogP contribution in [0, 0.1) is 0 Å². The molecule has 27 heavy (non-hydrogen) atoms. The van der Waals surface area contributed by atoms with Crippen molar-refractivity contribution in [2.24, 2.45) is 0 Å². The first-order chi connectivity index (χ1) is 12.8. The maximum absolute atomic E-state index is 9.43. The average molecular weight is 403 g/mol. The predicted molar refractivity (Wildman–Crippen MR) is 118 cm³/mol. The van der Waals surface area contributed by atoms with E-state index < -0.39 is 0 Å². The maximum Gasteiger partial charge on any atom is 0.0774 e. The Balaban J connectivity index is 0.00000210. The van der Waals surface area contributed by atoms with Gasteiger partial charge in [-0.1, -0.05) is 36.4 Å². The molecule has 5 heteroatoms. The number of aryl methyl sites for hydroxylation is 1. The predicted octanol–water partition coefficient (Wildman–Crippen LogP) is 4.57. The summed E-state index contributed by atoms with van der Waals surface area (Å²) in [6, 6.07) is 19.5. The van der Waals surface area contributed by atoms with Gasteiger partial charge in [-0.3, -0.25) is 4.90 Å². The van der Waals surface area contributed by atoms with E-state index in [0.717, 1.165) is 31.1 Å². The van der Waals surface area contributed by atoms with Crippen LogP contribution in [0.3, 0.4) is 0 Å². The highest BCUT2D eigenvalue weighted by Crippen LogP contribution is 2.33. The summed E-state index contributed by atoms with van der Waals surface area (Å²) in [5, 5.41) is 10.7. The number of rotatable bonds is 6. The van der Waals surface area contributed by atoms with E-state index in [0.29, 0.717) is 0 Å². The molecule has 4 rings (SSSR count). The largest absolute Gasteiger partial charge is 0.391 e. The highest BCUT2D eigenvalue weighted by molar-refractivity contribution is 7.19. The number of benzene rings is 2. The third-order valence-electron chi connectivity index (χ3n) is 5.24. The van der Waals surface area contributed by atoms with Gasteiger partial charge in [-0.15, -0.1) is 23.7 Å². The monoisotopic (exact) mass is 402 g/mol. The van der Waals surface area contributed by atoms with Crippen molar-refractivity contribution in [2.45, 2.75) is 19.4 Å². The molecule has 3 nitrogen and oxygen atoms in total. The van der Waals surface area contributed by atoms with Crippen LogP contribution < -0.4 is 4.90 Å². The number of nitrogens with zero attached hydrogens (tertiary/aromatic N) is 2.